The van der Waals surface area contributed by atoms with E-state index in [1.54, 1.807) is 4.57 Å². The van der Waals surface area contributed by atoms with Crippen LogP contribution in [0.15, 0.2) is 72.8 Å². The maximum absolute atomic E-state index is 12.6. The number of esters is 1. The Morgan fingerprint density at radius 3 is 2.28 bits per heavy atom. The monoisotopic (exact) mass is 325 g/mol. The summed E-state index contributed by atoms with van der Waals surface area (Å²) in [5, 5.41) is 3.23. The fourth-order valence-electron chi connectivity index (χ4n) is 3.11. The molecule has 4 heteroatoms. The van der Waals surface area contributed by atoms with Gasteiger partial charge in [-0.2, -0.15) is 0 Å². The van der Waals surface area contributed by atoms with Crippen molar-refractivity contribution in [3.8, 4) is 0 Å². The number of hydrogen-bond donors (Lipinski definition) is 0. The Bertz CT molecular complexity index is 1050. The average Bonchev–Trinajstić information content (AvgIpc) is 3.02. The molecule has 1 aromatic heterocycles. The molecule has 120 valence electrons. The summed E-state index contributed by atoms with van der Waals surface area (Å²) in [5.74, 6) is -0.366. The summed E-state index contributed by atoms with van der Waals surface area (Å²) in [6.45, 7) is 0.244. The van der Waals surface area contributed by atoms with Gasteiger partial charge in [-0.15, -0.1) is 0 Å². The standard InChI is InChI=1S/C21H16BNO2/c22-14-23-19-11-17-9-5-4-8-16(17)10-18(19)12-20(23)21(24)25-13-15-6-2-1-3-7-15/h1-12H,13-14H2. The van der Waals surface area contributed by atoms with E-state index < -0.39 is 0 Å². The van der Waals surface area contributed by atoms with Crippen LogP contribution in [0.4, 0.5) is 0 Å². The van der Waals surface area contributed by atoms with Crippen molar-refractivity contribution < 1.29 is 9.53 Å². The summed E-state index contributed by atoms with van der Waals surface area (Å²) in [4.78, 5) is 12.6. The first-order valence-corrected chi connectivity index (χ1v) is 8.19. The molecule has 1 heterocycles. The van der Waals surface area contributed by atoms with Gasteiger partial charge in [0.2, 0.25) is 0 Å². The molecule has 3 aromatic carbocycles. The van der Waals surface area contributed by atoms with Crippen LogP contribution in [0, 0.1) is 0 Å². The highest BCUT2D eigenvalue weighted by Crippen LogP contribution is 2.26. The van der Waals surface area contributed by atoms with Crippen molar-refractivity contribution in [3.05, 3.63) is 84.1 Å². The number of hydrogen-bond acceptors (Lipinski definition) is 2. The molecular formula is C21H16BNO2. The van der Waals surface area contributed by atoms with Gasteiger partial charge in [-0.3, -0.25) is 0 Å². The number of nitrogens with zero attached hydrogens (tertiary/aromatic N) is 1. The highest BCUT2D eigenvalue weighted by atomic mass is 16.5. The number of carbonyl (C=O) groups excluding carboxylic acids is 1. The van der Waals surface area contributed by atoms with Crippen LogP contribution in [0.1, 0.15) is 16.1 Å². The van der Waals surface area contributed by atoms with Crippen molar-refractivity contribution in [2.45, 2.75) is 13.1 Å². The Morgan fingerprint density at radius 1 is 0.880 bits per heavy atom. The number of fused-ring (bicyclic) bond motifs is 2. The maximum atomic E-state index is 12.6. The number of rotatable bonds is 4. The van der Waals surface area contributed by atoms with E-state index in [0.717, 1.165) is 27.2 Å². The van der Waals surface area contributed by atoms with E-state index in [1.165, 1.54) is 0 Å². The van der Waals surface area contributed by atoms with Crippen molar-refractivity contribution in [2.75, 3.05) is 0 Å². The van der Waals surface area contributed by atoms with Crippen LogP contribution in [0.5, 0.6) is 0 Å². The van der Waals surface area contributed by atoms with E-state index in [0.29, 0.717) is 5.69 Å². The Morgan fingerprint density at radius 2 is 1.56 bits per heavy atom. The van der Waals surface area contributed by atoms with E-state index >= 15 is 0 Å². The molecule has 0 saturated heterocycles. The Hall–Kier alpha value is -3.01. The smallest absolute Gasteiger partial charge is 0.355 e. The summed E-state index contributed by atoms with van der Waals surface area (Å²) >= 11 is 0. The van der Waals surface area contributed by atoms with Gasteiger partial charge in [-0.25, -0.2) is 4.79 Å². The molecule has 0 aliphatic heterocycles. The fourth-order valence-corrected chi connectivity index (χ4v) is 3.11. The second-order valence-electron chi connectivity index (χ2n) is 5.96. The third-order valence-corrected chi connectivity index (χ3v) is 4.37. The molecule has 0 bridgehead atoms. The SMILES string of the molecule is [B]Cn1c(C(=O)OCc2ccccc2)cc2cc3ccccc3cc21. The van der Waals surface area contributed by atoms with Crippen molar-refractivity contribution >= 4 is 35.5 Å². The highest BCUT2D eigenvalue weighted by Gasteiger charge is 2.16. The van der Waals surface area contributed by atoms with Crippen LogP contribution in [-0.4, -0.2) is 18.4 Å². The van der Waals surface area contributed by atoms with E-state index in [4.69, 9.17) is 12.6 Å². The number of carbonyl (C=O) groups is 1. The zero-order valence-corrected chi connectivity index (χ0v) is 13.7. The van der Waals surface area contributed by atoms with Crippen LogP contribution >= 0.6 is 0 Å². The second-order valence-corrected chi connectivity index (χ2v) is 5.96. The third kappa shape index (κ3) is 2.91. The van der Waals surface area contributed by atoms with Gasteiger partial charge in [0.25, 0.3) is 0 Å². The molecule has 0 spiro atoms. The van der Waals surface area contributed by atoms with Crippen molar-refractivity contribution in [2.24, 2.45) is 0 Å². The molecule has 4 aromatic rings. The predicted octanol–water partition coefficient (Wildman–Crippen LogP) is 4.28. The summed E-state index contributed by atoms with van der Waals surface area (Å²) in [6, 6.07) is 23.7. The maximum Gasteiger partial charge on any atom is 0.355 e. The molecule has 0 amide bonds. The molecular weight excluding hydrogens is 309 g/mol. The zero-order valence-electron chi connectivity index (χ0n) is 13.7. The Kier molecular flexibility index (Phi) is 4.02. The number of aromatic nitrogens is 1. The Labute approximate surface area is 147 Å². The minimum absolute atomic E-state index is 0.220. The first kappa shape index (κ1) is 15.5. The topological polar surface area (TPSA) is 31.2 Å². The van der Waals surface area contributed by atoms with Crippen LogP contribution < -0.4 is 0 Å². The Balaban J connectivity index is 1.70. The molecule has 0 aliphatic carbocycles. The quantitative estimate of drug-likeness (QED) is 0.414. The molecule has 0 atom stereocenters. The molecule has 0 aliphatic rings. The molecule has 25 heavy (non-hydrogen) atoms. The predicted molar refractivity (Wildman–Crippen MR) is 101 cm³/mol. The first-order valence-electron chi connectivity index (χ1n) is 8.19. The van der Waals surface area contributed by atoms with Gasteiger partial charge in [0.1, 0.15) is 12.3 Å². The average molecular weight is 325 g/mol. The van der Waals surface area contributed by atoms with Gasteiger partial charge >= 0.3 is 5.97 Å². The van der Waals surface area contributed by atoms with Crippen molar-refractivity contribution in [3.63, 3.8) is 0 Å². The van der Waals surface area contributed by atoms with Gasteiger partial charge in [0.05, 0.1) is 7.85 Å². The summed E-state index contributed by atoms with van der Waals surface area (Å²) in [7, 11) is 5.91. The lowest BCUT2D eigenvalue weighted by Gasteiger charge is -2.09. The fraction of sp³-hybridized carbons (Fsp3) is 0.0952. The molecule has 0 fully saturated rings. The van der Waals surface area contributed by atoms with E-state index in [-0.39, 0.29) is 19.0 Å². The van der Waals surface area contributed by atoms with Crippen molar-refractivity contribution in [1.29, 1.82) is 0 Å². The van der Waals surface area contributed by atoms with Gasteiger partial charge in [-0.1, -0.05) is 54.6 Å². The molecule has 0 unspecified atom stereocenters. The van der Waals surface area contributed by atoms with Crippen LogP contribution in [0.2, 0.25) is 0 Å². The van der Waals surface area contributed by atoms with Gasteiger partial charge in [0.15, 0.2) is 0 Å². The molecule has 4 rings (SSSR count). The summed E-state index contributed by atoms with van der Waals surface area (Å²) in [6.07, 6.45) is 0.220. The lowest BCUT2D eigenvalue weighted by Crippen LogP contribution is -2.12. The first-order chi connectivity index (χ1) is 12.3. The van der Waals surface area contributed by atoms with E-state index in [1.807, 2.05) is 48.5 Å². The summed E-state index contributed by atoms with van der Waals surface area (Å²) in [5.41, 5.74) is 2.37. The zero-order chi connectivity index (χ0) is 17.2. The lowest BCUT2D eigenvalue weighted by atomic mass is 10.1. The van der Waals surface area contributed by atoms with Crippen LogP contribution in [0.3, 0.4) is 0 Å². The molecule has 0 N–H and O–H groups in total. The summed E-state index contributed by atoms with van der Waals surface area (Å²) < 4.78 is 7.27. The lowest BCUT2D eigenvalue weighted by molar-refractivity contribution is 0.0461. The number of benzene rings is 3. The van der Waals surface area contributed by atoms with Crippen molar-refractivity contribution in [1.82, 2.24) is 4.57 Å². The molecule has 3 nitrogen and oxygen atoms in total. The molecule has 2 radical (unpaired) electrons. The van der Waals surface area contributed by atoms with E-state index in [9.17, 15) is 4.79 Å². The molecule has 0 saturated carbocycles. The minimum atomic E-state index is -0.366. The third-order valence-electron chi connectivity index (χ3n) is 4.37. The highest BCUT2D eigenvalue weighted by molar-refractivity contribution is 6.09. The second kappa shape index (κ2) is 6.48. The minimum Gasteiger partial charge on any atom is -0.456 e. The van der Waals surface area contributed by atoms with Gasteiger partial charge in [-0.05, 0) is 41.0 Å². The number of ether oxygens (including phenoxy) is 1. The van der Waals surface area contributed by atoms with Crippen LogP contribution in [0.25, 0.3) is 21.7 Å². The largest absolute Gasteiger partial charge is 0.456 e. The van der Waals surface area contributed by atoms with Crippen LogP contribution in [-0.2, 0) is 17.8 Å². The van der Waals surface area contributed by atoms with E-state index in [2.05, 4.69) is 24.3 Å². The van der Waals surface area contributed by atoms with Gasteiger partial charge < -0.3 is 9.30 Å². The normalized spacial score (nSPS) is 11.0. The van der Waals surface area contributed by atoms with Gasteiger partial charge in [0, 0.05) is 10.9 Å².